The Labute approximate surface area is 388 Å². The number of aliphatic hydroxyl groups is 2. The van der Waals surface area contributed by atoms with Crippen LogP contribution in [0, 0.1) is 0 Å². The molecule has 0 aliphatic rings. The molecule has 6 nitrogen and oxygen atoms in total. The standard InChI is InChI=1S/C57H97NO5/c1-4-7-10-13-16-19-22-25-27-28-29-30-32-35-38-41-44-47-50-57(62)63-53(48-45-42-39-36-33-31-26-23-20-17-14-11-8-5-2)51-56(61)58-54(52-59)55(60)49-46-43-40-37-34-24-21-18-15-12-9-6-3/h8,11,16-17,19-20,22,25-31,36,39,53-55,59-60H,4-7,9-10,12-15,18,21,23-24,32-35,37-38,40-52H2,1-3H3,(H,58,61)/b11-8+,19-16+,20-17+,25-22+,28-27+,30-29+,31-26+,39-36+. The number of unbranched alkanes of at least 4 members (excludes halogenated alkanes) is 20. The van der Waals surface area contributed by atoms with Gasteiger partial charge < -0.3 is 20.3 Å². The predicted octanol–water partition coefficient (Wildman–Crippen LogP) is 15.7. The van der Waals surface area contributed by atoms with Crippen LogP contribution in [0.5, 0.6) is 0 Å². The fourth-order valence-corrected chi connectivity index (χ4v) is 7.32. The van der Waals surface area contributed by atoms with Gasteiger partial charge in [0.1, 0.15) is 6.10 Å². The number of ether oxygens (including phenoxy) is 1. The maximum Gasteiger partial charge on any atom is 0.306 e. The molecule has 0 aliphatic carbocycles. The Morgan fingerprint density at radius 2 is 0.937 bits per heavy atom. The third-order valence-electron chi connectivity index (χ3n) is 11.2. The molecule has 3 N–H and O–H groups in total. The van der Waals surface area contributed by atoms with Crippen molar-refractivity contribution in [3.63, 3.8) is 0 Å². The third-order valence-corrected chi connectivity index (χ3v) is 11.2. The van der Waals surface area contributed by atoms with Crippen LogP contribution in [0.1, 0.15) is 226 Å². The second kappa shape index (κ2) is 49.8. The fraction of sp³-hybridized carbons (Fsp3) is 0.684. The molecule has 0 saturated carbocycles. The Morgan fingerprint density at radius 1 is 0.492 bits per heavy atom. The summed E-state index contributed by atoms with van der Waals surface area (Å²) >= 11 is 0. The summed E-state index contributed by atoms with van der Waals surface area (Å²) < 4.78 is 5.90. The molecule has 0 aromatic carbocycles. The van der Waals surface area contributed by atoms with Crippen molar-refractivity contribution >= 4 is 11.9 Å². The zero-order chi connectivity index (χ0) is 45.9. The van der Waals surface area contributed by atoms with Crippen LogP contribution in [0.15, 0.2) is 97.2 Å². The lowest BCUT2D eigenvalue weighted by molar-refractivity contribution is -0.151. The summed E-state index contributed by atoms with van der Waals surface area (Å²) in [4.78, 5) is 26.1. The zero-order valence-electron chi connectivity index (χ0n) is 40.9. The number of carbonyl (C=O) groups is 2. The minimum atomic E-state index is -0.811. The average molecular weight is 876 g/mol. The van der Waals surface area contributed by atoms with Gasteiger partial charge in [-0.3, -0.25) is 9.59 Å². The van der Waals surface area contributed by atoms with Gasteiger partial charge in [-0.2, -0.15) is 0 Å². The van der Waals surface area contributed by atoms with Gasteiger partial charge >= 0.3 is 5.97 Å². The molecule has 0 fully saturated rings. The number of aliphatic hydroxyl groups excluding tert-OH is 2. The maximum absolute atomic E-state index is 13.2. The van der Waals surface area contributed by atoms with Crippen LogP contribution < -0.4 is 5.32 Å². The van der Waals surface area contributed by atoms with Crippen molar-refractivity contribution in [2.45, 2.75) is 244 Å². The molecule has 0 rings (SSSR count). The molecular formula is C57H97NO5. The number of hydrogen-bond donors (Lipinski definition) is 3. The molecule has 3 unspecified atom stereocenters. The first-order chi connectivity index (χ1) is 31.0. The van der Waals surface area contributed by atoms with Gasteiger partial charge in [-0.1, -0.05) is 227 Å². The molecule has 0 aromatic heterocycles. The van der Waals surface area contributed by atoms with E-state index in [4.69, 9.17) is 4.74 Å². The van der Waals surface area contributed by atoms with Crippen molar-refractivity contribution in [2.75, 3.05) is 6.61 Å². The molecule has 0 radical (unpaired) electrons. The van der Waals surface area contributed by atoms with Gasteiger partial charge in [0.2, 0.25) is 5.91 Å². The van der Waals surface area contributed by atoms with E-state index in [1.165, 1.54) is 77.0 Å². The molecule has 0 aliphatic heterocycles. The second-order valence-corrected chi connectivity index (χ2v) is 17.3. The smallest absolute Gasteiger partial charge is 0.306 e. The molecule has 360 valence electrons. The van der Waals surface area contributed by atoms with Crippen molar-refractivity contribution in [3.8, 4) is 0 Å². The first kappa shape index (κ1) is 59.8. The van der Waals surface area contributed by atoms with E-state index in [0.717, 1.165) is 103 Å². The number of carbonyl (C=O) groups excluding carboxylic acids is 2. The van der Waals surface area contributed by atoms with Crippen LogP contribution in [0.3, 0.4) is 0 Å². The lowest BCUT2D eigenvalue weighted by Gasteiger charge is -2.24. The number of nitrogens with one attached hydrogen (secondary N) is 1. The first-order valence-electron chi connectivity index (χ1n) is 26.0. The summed E-state index contributed by atoms with van der Waals surface area (Å²) in [5, 5.41) is 23.7. The second-order valence-electron chi connectivity index (χ2n) is 17.3. The van der Waals surface area contributed by atoms with E-state index in [9.17, 15) is 19.8 Å². The Balaban J connectivity index is 4.72. The van der Waals surface area contributed by atoms with E-state index in [0.29, 0.717) is 19.3 Å². The van der Waals surface area contributed by atoms with Crippen LogP contribution >= 0.6 is 0 Å². The van der Waals surface area contributed by atoms with Gasteiger partial charge in [-0.25, -0.2) is 0 Å². The normalized spacial score (nSPS) is 14.0. The van der Waals surface area contributed by atoms with Crippen molar-refractivity contribution in [1.29, 1.82) is 0 Å². The molecular weight excluding hydrogens is 779 g/mol. The van der Waals surface area contributed by atoms with Crippen LogP contribution in [0.25, 0.3) is 0 Å². The Kier molecular flexibility index (Phi) is 47.2. The lowest BCUT2D eigenvalue weighted by atomic mass is 10.0. The van der Waals surface area contributed by atoms with Crippen molar-refractivity contribution in [3.05, 3.63) is 97.2 Å². The topological polar surface area (TPSA) is 95.9 Å². The van der Waals surface area contributed by atoms with Crippen molar-refractivity contribution in [2.24, 2.45) is 0 Å². The van der Waals surface area contributed by atoms with Gasteiger partial charge in [0, 0.05) is 6.42 Å². The van der Waals surface area contributed by atoms with Crippen LogP contribution in [0.4, 0.5) is 0 Å². The molecule has 0 heterocycles. The summed E-state index contributed by atoms with van der Waals surface area (Å²) in [5.74, 6) is -0.562. The highest BCUT2D eigenvalue weighted by Gasteiger charge is 2.24. The number of allylic oxidation sites excluding steroid dienone is 16. The van der Waals surface area contributed by atoms with Gasteiger partial charge in [0.25, 0.3) is 0 Å². The van der Waals surface area contributed by atoms with Crippen molar-refractivity contribution < 1.29 is 24.5 Å². The largest absolute Gasteiger partial charge is 0.462 e. The summed E-state index contributed by atoms with van der Waals surface area (Å²) in [5.41, 5.74) is 0. The number of hydrogen-bond acceptors (Lipinski definition) is 5. The monoisotopic (exact) mass is 876 g/mol. The minimum Gasteiger partial charge on any atom is -0.462 e. The number of amides is 1. The maximum atomic E-state index is 13.2. The molecule has 0 saturated heterocycles. The predicted molar refractivity (Wildman–Crippen MR) is 273 cm³/mol. The highest BCUT2D eigenvalue weighted by Crippen LogP contribution is 2.16. The molecule has 3 atom stereocenters. The quantitative estimate of drug-likeness (QED) is 0.0245. The van der Waals surface area contributed by atoms with Gasteiger partial charge in [-0.15, -0.1) is 0 Å². The highest BCUT2D eigenvalue weighted by molar-refractivity contribution is 5.77. The van der Waals surface area contributed by atoms with Crippen LogP contribution in [-0.4, -0.2) is 46.9 Å². The summed E-state index contributed by atoms with van der Waals surface area (Å²) in [7, 11) is 0. The van der Waals surface area contributed by atoms with Crippen LogP contribution in [0.2, 0.25) is 0 Å². The van der Waals surface area contributed by atoms with E-state index in [1.54, 1.807) is 0 Å². The Hall–Kier alpha value is -3.22. The Morgan fingerprint density at radius 3 is 1.49 bits per heavy atom. The molecule has 0 bridgehead atoms. The summed E-state index contributed by atoms with van der Waals surface area (Å²) in [6.45, 7) is 6.30. The van der Waals surface area contributed by atoms with Crippen molar-refractivity contribution in [1.82, 2.24) is 5.32 Å². The highest BCUT2D eigenvalue weighted by atomic mass is 16.5. The Bertz CT molecular complexity index is 1260. The van der Waals surface area contributed by atoms with E-state index in [1.807, 2.05) is 0 Å². The van der Waals surface area contributed by atoms with Gasteiger partial charge in [-0.05, 0) is 83.5 Å². The van der Waals surface area contributed by atoms with Crippen LogP contribution in [-0.2, 0) is 14.3 Å². The molecule has 63 heavy (non-hydrogen) atoms. The average Bonchev–Trinajstić information content (AvgIpc) is 3.28. The SMILES string of the molecule is CC/C=C/C/C=C/C/C=C/C/C=C/CCCC(CC(=O)NC(CO)C(O)CCCCCCCCCCCCCC)OC(=O)CCCCCCC/C=C/C=C/C=C/C=C/CCCCC. The van der Waals surface area contributed by atoms with E-state index in [2.05, 4.69) is 123 Å². The third kappa shape index (κ3) is 45.2. The summed E-state index contributed by atoms with van der Waals surface area (Å²) in [6, 6.07) is -0.729. The molecule has 0 spiro atoms. The van der Waals surface area contributed by atoms with Gasteiger partial charge in [0.15, 0.2) is 0 Å². The summed E-state index contributed by atoms with van der Waals surface area (Å²) in [6.07, 6.45) is 66.0. The van der Waals surface area contributed by atoms with Gasteiger partial charge in [0.05, 0.1) is 25.2 Å². The first-order valence-corrected chi connectivity index (χ1v) is 26.0. The molecule has 1 amide bonds. The number of rotatable bonds is 45. The lowest BCUT2D eigenvalue weighted by Crippen LogP contribution is -2.46. The number of esters is 1. The minimum absolute atomic E-state index is 0.0247. The zero-order valence-corrected chi connectivity index (χ0v) is 40.9. The molecule has 6 heteroatoms. The van der Waals surface area contributed by atoms with E-state index >= 15 is 0 Å². The van der Waals surface area contributed by atoms with E-state index < -0.39 is 18.2 Å². The molecule has 0 aromatic rings. The fourth-order valence-electron chi connectivity index (χ4n) is 7.32. The van der Waals surface area contributed by atoms with E-state index in [-0.39, 0.29) is 24.9 Å².